The zero-order valence-corrected chi connectivity index (χ0v) is 16.1. The minimum atomic E-state index is 0. The van der Waals surface area contributed by atoms with E-state index in [2.05, 4.69) is 32.7 Å². The molecular weight excluding hydrogens is 423 g/mol. The van der Waals surface area contributed by atoms with E-state index in [1.807, 2.05) is 12.1 Å². The normalized spacial score (nSPS) is 17.0. The number of nitrogens with one attached hydrogen (secondary N) is 1. The number of nitrogens with two attached hydrogens (primary N) is 1. The van der Waals surface area contributed by atoms with Gasteiger partial charge < -0.3 is 15.5 Å². The SMILES string of the molecule is I.NC(=NCc1ccco1)NCC(c1cccs1)N1CCCC1. The van der Waals surface area contributed by atoms with Crippen LogP contribution in [0.4, 0.5) is 0 Å². The molecule has 0 bridgehead atoms. The lowest BCUT2D eigenvalue weighted by molar-refractivity contribution is 0.249. The Hall–Kier alpha value is -1.06. The van der Waals surface area contributed by atoms with E-state index in [0.717, 1.165) is 25.4 Å². The second kappa shape index (κ2) is 9.29. The molecule has 5 nitrogen and oxygen atoms in total. The number of guanidine groups is 1. The summed E-state index contributed by atoms with van der Waals surface area (Å²) in [6.45, 7) is 3.58. The second-order valence-corrected chi connectivity index (χ2v) is 6.42. The molecule has 1 fully saturated rings. The van der Waals surface area contributed by atoms with Crippen molar-refractivity contribution >= 4 is 41.3 Å². The van der Waals surface area contributed by atoms with Crippen LogP contribution in [0, 0.1) is 0 Å². The molecule has 3 rings (SSSR count). The number of nitrogens with zero attached hydrogens (tertiary/aromatic N) is 2. The maximum atomic E-state index is 5.97. The number of aliphatic imine (C=N–C) groups is 1. The lowest BCUT2D eigenvalue weighted by atomic mass is 10.2. The molecule has 2 aromatic rings. The summed E-state index contributed by atoms with van der Waals surface area (Å²) in [6.07, 6.45) is 4.21. The Balaban J connectivity index is 0.00000192. The number of rotatable bonds is 6. The molecule has 2 aromatic heterocycles. The highest BCUT2D eigenvalue weighted by Crippen LogP contribution is 2.27. The molecule has 3 heterocycles. The van der Waals surface area contributed by atoms with Crippen LogP contribution in [0.25, 0.3) is 0 Å². The molecule has 0 radical (unpaired) electrons. The van der Waals surface area contributed by atoms with Crippen molar-refractivity contribution in [2.75, 3.05) is 19.6 Å². The zero-order valence-electron chi connectivity index (χ0n) is 13.0. The van der Waals surface area contributed by atoms with Gasteiger partial charge in [0.2, 0.25) is 0 Å². The fraction of sp³-hybridized carbons (Fsp3) is 0.438. The predicted octanol–water partition coefficient (Wildman–Crippen LogP) is 3.20. The van der Waals surface area contributed by atoms with Crippen LogP contribution in [0.2, 0.25) is 0 Å². The van der Waals surface area contributed by atoms with Crippen molar-refractivity contribution < 1.29 is 4.42 Å². The van der Waals surface area contributed by atoms with Crippen LogP contribution in [0.5, 0.6) is 0 Å². The van der Waals surface area contributed by atoms with Gasteiger partial charge in [-0.25, -0.2) is 4.99 Å². The lowest BCUT2D eigenvalue weighted by Crippen LogP contribution is -2.39. The van der Waals surface area contributed by atoms with E-state index in [-0.39, 0.29) is 24.0 Å². The number of furan rings is 1. The first-order chi connectivity index (χ1) is 10.8. The highest BCUT2D eigenvalue weighted by Gasteiger charge is 2.24. The number of thiophene rings is 1. The van der Waals surface area contributed by atoms with E-state index in [4.69, 9.17) is 10.2 Å². The number of halogens is 1. The quantitative estimate of drug-likeness (QED) is 0.407. The number of likely N-dealkylation sites (tertiary alicyclic amines) is 1. The Morgan fingerprint density at radius 1 is 1.35 bits per heavy atom. The standard InChI is InChI=1S/C16H22N4OS.HI/c17-16(18-11-13-5-3-9-21-13)19-12-14(15-6-4-10-22-15)20-7-1-2-8-20;/h3-6,9-10,14H,1-2,7-8,11-12H2,(H3,17,18,19);1H. The van der Waals surface area contributed by atoms with Crippen molar-refractivity contribution in [1.29, 1.82) is 0 Å². The van der Waals surface area contributed by atoms with Crippen molar-refractivity contribution in [3.63, 3.8) is 0 Å². The largest absolute Gasteiger partial charge is 0.467 e. The van der Waals surface area contributed by atoms with Crippen LogP contribution in [0.15, 0.2) is 45.3 Å². The molecule has 0 aliphatic carbocycles. The van der Waals surface area contributed by atoms with Gasteiger partial charge in [0, 0.05) is 11.4 Å². The smallest absolute Gasteiger partial charge is 0.189 e. The molecule has 7 heteroatoms. The summed E-state index contributed by atoms with van der Waals surface area (Å²) < 4.78 is 5.25. The van der Waals surface area contributed by atoms with E-state index in [1.54, 1.807) is 17.6 Å². The van der Waals surface area contributed by atoms with Gasteiger partial charge in [-0.1, -0.05) is 6.07 Å². The molecule has 126 valence electrons. The van der Waals surface area contributed by atoms with Gasteiger partial charge in [-0.3, -0.25) is 4.90 Å². The molecule has 1 atom stereocenters. The van der Waals surface area contributed by atoms with Crippen molar-refractivity contribution in [3.8, 4) is 0 Å². The van der Waals surface area contributed by atoms with Gasteiger partial charge in [-0.15, -0.1) is 35.3 Å². The Labute approximate surface area is 158 Å². The average Bonchev–Trinajstić information content (AvgIpc) is 3.27. The Kier molecular flexibility index (Phi) is 7.38. The van der Waals surface area contributed by atoms with Crippen LogP contribution in [-0.4, -0.2) is 30.5 Å². The van der Waals surface area contributed by atoms with Gasteiger partial charge in [0.05, 0.1) is 12.3 Å². The third-order valence-electron chi connectivity index (χ3n) is 3.91. The second-order valence-electron chi connectivity index (χ2n) is 5.44. The summed E-state index contributed by atoms with van der Waals surface area (Å²) >= 11 is 1.80. The fourth-order valence-corrected chi connectivity index (χ4v) is 3.63. The fourth-order valence-electron chi connectivity index (χ4n) is 2.77. The third kappa shape index (κ3) is 5.22. The van der Waals surface area contributed by atoms with E-state index in [0.29, 0.717) is 18.5 Å². The van der Waals surface area contributed by atoms with Crippen LogP contribution in [0.1, 0.15) is 29.5 Å². The molecule has 0 spiro atoms. The minimum Gasteiger partial charge on any atom is -0.467 e. The van der Waals surface area contributed by atoms with Gasteiger partial charge in [0.25, 0.3) is 0 Å². The highest BCUT2D eigenvalue weighted by atomic mass is 127. The molecule has 1 aliphatic rings. The molecule has 23 heavy (non-hydrogen) atoms. The van der Waals surface area contributed by atoms with Crippen molar-refractivity contribution in [2.45, 2.75) is 25.4 Å². The van der Waals surface area contributed by atoms with Crippen LogP contribution < -0.4 is 11.1 Å². The monoisotopic (exact) mass is 446 g/mol. The molecule has 1 unspecified atom stereocenters. The van der Waals surface area contributed by atoms with E-state index in [1.165, 1.54) is 17.7 Å². The Morgan fingerprint density at radius 3 is 2.83 bits per heavy atom. The topological polar surface area (TPSA) is 66.8 Å². The molecule has 1 aliphatic heterocycles. The molecule has 0 saturated carbocycles. The first-order valence-corrected chi connectivity index (χ1v) is 8.54. The number of hydrogen-bond acceptors (Lipinski definition) is 4. The molecule has 1 saturated heterocycles. The summed E-state index contributed by atoms with van der Waals surface area (Å²) in [6, 6.07) is 8.44. The lowest BCUT2D eigenvalue weighted by Gasteiger charge is -2.27. The average molecular weight is 446 g/mol. The Morgan fingerprint density at radius 2 is 2.17 bits per heavy atom. The van der Waals surface area contributed by atoms with Crippen LogP contribution in [-0.2, 0) is 6.54 Å². The highest BCUT2D eigenvalue weighted by molar-refractivity contribution is 14.0. The summed E-state index contributed by atoms with van der Waals surface area (Å²) in [5.74, 6) is 1.29. The van der Waals surface area contributed by atoms with Crippen LogP contribution >= 0.6 is 35.3 Å². The van der Waals surface area contributed by atoms with Crippen molar-refractivity contribution in [2.24, 2.45) is 10.7 Å². The molecule has 3 N–H and O–H groups in total. The maximum absolute atomic E-state index is 5.97. The molecule has 0 aromatic carbocycles. The van der Waals surface area contributed by atoms with E-state index >= 15 is 0 Å². The van der Waals surface area contributed by atoms with E-state index in [9.17, 15) is 0 Å². The summed E-state index contributed by atoms with van der Waals surface area (Å²) in [5, 5.41) is 5.39. The summed E-state index contributed by atoms with van der Waals surface area (Å²) in [7, 11) is 0. The van der Waals surface area contributed by atoms with Gasteiger partial charge >= 0.3 is 0 Å². The van der Waals surface area contributed by atoms with E-state index < -0.39 is 0 Å². The first kappa shape index (κ1) is 18.3. The van der Waals surface area contributed by atoms with Crippen molar-refractivity contribution in [3.05, 3.63) is 46.5 Å². The minimum absolute atomic E-state index is 0. The third-order valence-corrected chi connectivity index (χ3v) is 4.89. The Bertz CT molecular complexity index is 579. The first-order valence-electron chi connectivity index (χ1n) is 7.66. The maximum Gasteiger partial charge on any atom is 0.189 e. The van der Waals surface area contributed by atoms with Gasteiger partial charge in [-0.05, 0) is 49.5 Å². The summed E-state index contributed by atoms with van der Waals surface area (Å²) in [5.41, 5.74) is 5.97. The van der Waals surface area contributed by atoms with Gasteiger partial charge in [-0.2, -0.15) is 0 Å². The van der Waals surface area contributed by atoms with Crippen molar-refractivity contribution in [1.82, 2.24) is 10.2 Å². The van der Waals surface area contributed by atoms with Crippen LogP contribution in [0.3, 0.4) is 0 Å². The molecular formula is C16H23IN4OS. The van der Waals surface area contributed by atoms with Gasteiger partial charge in [0.15, 0.2) is 5.96 Å². The number of hydrogen-bond donors (Lipinski definition) is 2. The summed E-state index contributed by atoms with van der Waals surface area (Å²) in [4.78, 5) is 8.23. The molecule has 0 amide bonds. The predicted molar refractivity (Wildman–Crippen MR) is 105 cm³/mol. The van der Waals surface area contributed by atoms with Gasteiger partial charge in [0.1, 0.15) is 12.3 Å². The zero-order chi connectivity index (χ0) is 15.2.